The molecule has 0 saturated heterocycles. The molecule has 0 amide bonds. The van der Waals surface area contributed by atoms with Crippen LogP contribution in [0.15, 0.2) is 48.6 Å². The highest BCUT2D eigenvalue weighted by atomic mass is 31.2. The number of quaternary nitrogens is 1. The van der Waals surface area contributed by atoms with E-state index in [0.29, 0.717) is 23.9 Å². The maximum Gasteiger partial charge on any atom is 0.472 e. The van der Waals surface area contributed by atoms with E-state index in [2.05, 4.69) is 62.5 Å². The van der Waals surface area contributed by atoms with Crippen molar-refractivity contribution in [1.29, 1.82) is 0 Å². The van der Waals surface area contributed by atoms with Crippen molar-refractivity contribution in [3.05, 3.63) is 48.6 Å². The fourth-order valence-electron chi connectivity index (χ4n) is 5.78. The van der Waals surface area contributed by atoms with Gasteiger partial charge in [-0.2, -0.15) is 0 Å². The van der Waals surface area contributed by atoms with Gasteiger partial charge in [0.05, 0.1) is 27.7 Å². The second kappa shape index (κ2) is 38.5. The molecule has 0 saturated carbocycles. The van der Waals surface area contributed by atoms with Gasteiger partial charge in [0, 0.05) is 12.8 Å². The van der Waals surface area contributed by atoms with Crippen molar-refractivity contribution in [3.8, 4) is 0 Å². The van der Waals surface area contributed by atoms with Gasteiger partial charge in [-0.15, -0.1) is 0 Å². The lowest BCUT2D eigenvalue weighted by Crippen LogP contribution is -2.37. The van der Waals surface area contributed by atoms with Gasteiger partial charge in [-0.05, 0) is 77.0 Å². The highest BCUT2D eigenvalue weighted by Gasteiger charge is 2.27. The van der Waals surface area contributed by atoms with E-state index in [1.807, 2.05) is 21.1 Å². The van der Waals surface area contributed by atoms with Crippen LogP contribution in [0.5, 0.6) is 0 Å². The number of allylic oxidation sites excluding steroid dienone is 8. The molecule has 0 aromatic heterocycles. The van der Waals surface area contributed by atoms with Crippen LogP contribution in [0.25, 0.3) is 0 Å². The van der Waals surface area contributed by atoms with Crippen molar-refractivity contribution in [2.75, 3.05) is 47.5 Å². The van der Waals surface area contributed by atoms with Crippen molar-refractivity contribution in [2.45, 2.75) is 187 Å². The molecule has 1 N–H and O–H groups in total. The smallest absolute Gasteiger partial charge is 0.462 e. The number of phosphoric ester groups is 1. The van der Waals surface area contributed by atoms with Crippen LogP contribution in [0.3, 0.4) is 0 Å². The summed E-state index contributed by atoms with van der Waals surface area (Å²) in [7, 11) is 1.46. The lowest BCUT2D eigenvalue weighted by atomic mass is 10.1. The van der Waals surface area contributed by atoms with Crippen LogP contribution in [-0.4, -0.2) is 74.9 Å². The van der Waals surface area contributed by atoms with Crippen molar-refractivity contribution in [1.82, 2.24) is 0 Å². The summed E-state index contributed by atoms with van der Waals surface area (Å²) in [4.78, 5) is 35.4. The molecule has 9 nitrogen and oxygen atoms in total. The minimum atomic E-state index is -4.38. The van der Waals surface area contributed by atoms with Crippen LogP contribution in [0, 0.1) is 0 Å². The maximum atomic E-state index is 12.7. The van der Waals surface area contributed by atoms with E-state index in [1.54, 1.807) is 0 Å². The Morgan fingerprint density at radius 2 is 0.964 bits per heavy atom. The highest BCUT2D eigenvalue weighted by molar-refractivity contribution is 7.47. The fourth-order valence-corrected chi connectivity index (χ4v) is 6.52. The molecule has 10 heteroatoms. The predicted octanol–water partition coefficient (Wildman–Crippen LogP) is 12.7. The number of esters is 2. The summed E-state index contributed by atoms with van der Waals surface area (Å²) in [5, 5.41) is 0. The molecule has 0 aromatic carbocycles. The predicted molar refractivity (Wildman–Crippen MR) is 233 cm³/mol. The van der Waals surface area contributed by atoms with E-state index in [1.165, 1.54) is 77.0 Å². The number of carbonyl (C=O) groups excluding carboxylic acids is 2. The topological polar surface area (TPSA) is 108 Å². The Labute approximate surface area is 343 Å². The van der Waals surface area contributed by atoms with Gasteiger partial charge in [0.15, 0.2) is 6.10 Å². The lowest BCUT2D eigenvalue weighted by molar-refractivity contribution is -0.870. The summed E-state index contributed by atoms with van der Waals surface area (Å²) in [6.45, 7) is 4.35. The molecule has 0 aliphatic rings. The molecule has 0 rings (SSSR count). The maximum absolute atomic E-state index is 12.7. The number of nitrogens with zero attached hydrogens (tertiary/aromatic N) is 1. The number of likely N-dealkylation sites (N-methyl/N-ethyl adjacent to an activating group) is 1. The summed E-state index contributed by atoms with van der Waals surface area (Å²) < 4.78 is 34.3. The third kappa shape index (κ3) is 41.6. The number of ether oxygens (including phenoxy) is 2. The summed E-state index contributed by atoms with van der Waals surface area (Å²) in [5.74, 6) is -0.830. The second-order valence-electron chi connectivity index (χ2n) is 16.1. The van der Waals surface area contributed by atoms with Gasteiger partial charge in [0.2, 0.25) is 0 Å². The first kappa shape index (κ1) is 54.0. The number of hydrogen-bond donors (Lipinski definition) is 1. The summed E-state index contributed by atoms with van der Waals surface area (Å²) in [5.41, 5.74) is 0. The first-order valence-corrected chi connectivity index (χ1v) is 23.9. The first-order chi connectivity index (χ1) is 27.0. The zero-order chi connectivity index (χ0) is 41.4. The van der Waals surface area contributed by atoms with Gasteiger partial charge >= 0.3 is 19.8 Å². The normalized spacial score (nSPS) is 14.0. The van der Waals surface area contributed by atoms with Gasteiger partial charge in [0.1, 0.15) is 19.8 Å². The van der Waals surface area contributed by atoms with Gasteiger partial charge in [-0.1, -0.05) is 140 Å². The minimum Gasteiger partial charge on any atom is -0.462 e. The zero-order valence-corrected chi connectivity index (χ0v) is 37.5. The van der Waals surface area contributed by atoms with Crippen LogP contribution < -0.4 is 0 Å². The van der Waals surface area contributed by atoms with E-state index >= 15 is 0 Å². The SMILES string of the molecule is CCCCC/C=C/C/C=C/C/C=C/CCCCCCC(=O)OC[C@H](COP(=O)(O)OCC[N+](C)(C)C)OC(=O)CCCCCCCCC/C=C/CCCCCC. The summed E-state index contributed by atoms with van der Waals surface area (Å²) in [6, 6.07) is 0. The Kier molecular flexibility index (Phi) is 37.1. The van der Waals surface area contributed by atoms with Crippen molar-refractivity contribution in [3.63, 3.8) is 0 Å². The standard InChI is InChI=1S/C46H84NO8P/c1-6-8-10-12-14-16-18-20-22-23-25-26-28-30-32-34-36-38-45(48)52-42-44(43-54-56(50,51)53-41-40-47(3,4)5)55-46(49)39-37-35-33-31-29-27-24-21-19-17-15-13-11-9-7-2/h14,16-17,19-20,22,25-26,44H,6-13,15,18,21,23-24,27-43H2,1-5H3/p+1/b16-14+,19-17+,22-20+,26-25+/t44-/m1/s1. The molecule has 0 aromatic rings. The van der Waals surface area contributed by atoms with Gasteiger partial charge < -0.3 is 18.9 Å². The number of rotatable bonds is 40. The Bertz CT molecular complexity index is 1100. The number of unbranched alkanes of at least 4 members (excludes halogenated alkanes) is 18. The Morgan fingerprint density at radius 1 is 0.554 bits per heavy atom. The quantitative estimate of drug-likeness (QED) is 0.0214. The zero-order valence-electron chi connectivity index (χ0n) is 36.6. The fraction of sp³-hybridized carbons (Fsp3) is 0.783. The van der Waals surface area contributed by atoms with E-state index in [0.717, 1.165) is 64.2 Å². The number of phosphoric acid groups is 1. The van der Waals surface area contributed by atoms with Crippen LogP contribution in [0.4, 0.5) is 0 Å². The van der Waals surface area contributed by atoms with Crippen LogP contribution in [-0.2, 0) is 32.7 Å². The third-order valence-electron chi connectivity index (χ3n) is 9.33. The highest BCUT2D eigenvalue weighted by Crippen LogP contribution is 2.43. The first-order valence-electron chi connectivity index (χ1n) is 22.4. The molecule has 0 heterocycles. The molecule has 326 valence electrons. The average Bonchev–Trinajstić information content (AvgIpc) is 3.15. The van der Waals surface area contributed by atoms with Crippen molar-refractivity contribution in [2.24, 2.45) is 0 Å². The molecular weight excluding hydrogens is 725 g/mol. The molecule has 0 aliphatic heterocycles. The molecule has 0 spiro atoms. The molecule has 2 atom stereocenters. The minimum absolute atomic E-state index is 0.0257. The third-order valence-corrected chi connectivity index (χ3v) is 10.3. The monoisotopic (exact) mass is 811 g/mol. The Hall–Kier alpha value is -2.03. The summed E-state index contributed by atoms with van der Waals surface area (Å²) in [6.07, 6.45) is 44.3. The molecule has 0 fully saturated rings. The average molecular weight is 811 g/mol. The number of hydrogen-bond acceptors (Lipinski definition) is 7. The van der Waals surface area contributed by atoms with E-state index in [9.17, 15) is 19.0 Å². The Morgan fingerprint density at radius 3 is 1.48 bits per heavy atom. The largest absolute Gasteiger partial charge is 0.472 e. The van der Waals surface area contributed by atoms with Crippen molar-refractivity contribution < 1.29 is 42.1 Å². The van der Waals surface area contributed by atoms with E-state index in [-0.39, 0.29) is 26.1 Å². The van der Waals surface area contributed by atoms with Crippen LogP contribution in [0.1, 0.15) is 181 Å². The van der Waals surface area contributed by atoms with Gasteiger partial charge in [-0.25, -0.2) is 4.57 Å². The van der Waals surface area contributed by atoms with Crippen LogP contribution in [0.2, 0.25) is 0 Å². The summed E-state index contributed by atoms with van der Waals surface area (Å²) >= 11 is 0. The molecule has 56 heavy (non-hydrogen) atoms. The van der Waals surface area contributed by atoms with E-state index < -0.39 is 32.5 Å². The van der Waals surface area contributed by atoms with Gasteiger partial charge in [-0.3, -0.25) is 18.6 Å². The van der Waals surface area contributed by atoms with Crippen LogP contribution >= 0.6 is 7.82 Å². The molecular formula is C46H85NO8P+. The molecule has 0 radical (unpaired) electrons. The lowest BCUT2D eigenvalue weighted by Gasteiger charge is -2.24. The number of carbonyl (C=O) groups is 2. The van der Waals surface area contributed by atoms with E-state index in [4.69, 9.17) is 18.5 Å². The molecule has 1 unspecified atom stereocenters. The molecule has 0 aliphatic carbocycles. The Balaban J connectivity index is 4.40. The second-order valence-corrected chi connectivity index (χ2v) is 17.5. The van der Waals surface area contributed by atoms with Crippen molar-refractivity contribution >= 4 is 19.8 Å². The van der Waals surface area contributed by atoms with Gasteiger partial charge in [0.25, 0.3) is 0 Å². The molecule has 0 bridgehead atoms.